The SMILES string of the molecule is Nc1nc(C(=O)C[C@@H](c2ccc(OC(F)(F)F)c(F)c2)c2ncccc2F)ccc1O. The molecular weight excluding hydrogens is 425 g/mol. The lowest BCUT2D eigenvalue weighted by atomic mass is 9.89. The number of ether oxygens (including phenoxy) is 1. The molecule has 0 bridgehead atoms. The summed E-state index contributed by atoms with van der Waals surface area (Å²) in [4.78, 5) is 20.4. The molecule has 6 nitrogen and oxygen atoms in total. The molecule has 11 heteroatoms. The molecule has 0 spiro atoms. The highest BCUT2D eigenvalue weighted by molar-refractivity contribution is 5.95. The smallest absolute Gasteiger partial charge is 0.504 e. The molecule has 1 atom stereocenters. The van der Waals surface area contributed by atoms with E-state index in [0.29, 0.717) is 6.07 Å². The van der Waals surface area contributed by atoms with Crippen LogP contribution in [0, 0.1) is 11.6 Å². The number of Topliss-reactive ketones (excluding diaryl/α,β-unsaturated/α-hetero) is 1. The summed E-state index contributed by atoms with van der Waals surface area (Å²) in [5, 5.41) is 9.44. The number of halogens is 5. The summed E-state index contributed by atoms with van der Waals surface area (Å²) in [5.74, 6) is -5.66. The fourth-order valence-corrected chi connectivity index (χ4v) is 2.88. The molecule has 3 aromatic rings. The number of hydrogen-bond acceptors (Lipinski definition) is 6. The largest absolute Gasteiger partial charge is 0.573 e. The molecule has 0 radical (unpaired) electrons. The quantitative estimate of drug-likeness (QED) is 0.438. The van der Waals surface area contributed by atoms with E-state index >= 15 is 0 Å². The zero-order valence-electron chi connectivity index (χ0n) is 15.5. The number of aromatic nitrogens is 2. The molecule has 0 aliphatic rings. The standard InChI is InChI=1S/C20H14F5N3O3/c21-12-2-1-7-27-18(12)11(9-16(30)14-4-5-15(29)19(26)28-14)10-3-6-17(13(22)8-10)31-20(23,24)25/h1-8,11,29H,9H2,(H2,26,28)/t11-/m0/s1. The number of ketones is 1. The minimum atomic E-state index is -5.10. The number of hydrogen-bond donors (Lipinski definition) is 2. The van der Waals surface area contributed by atoms with Gasteiger partial charge >= 0.3 is 6.36 Å². The predicted octanol–water partition coefficient (Wildman–Crippen LogP) is 4.35. The van der Waals surface area contributed by atoms with Crippen LogP contribution in [-0.4, -0.2) is 27.2 Å². The van der Waals surface area contributed by atoms with Crippen LogP contribution in [0.3, 0.4) is 0 Å². The molecule has 2 aromatic heterocycles. The topological polar surface area (TPSA) is 98.3 Å². The number of alkyl halides is 3. The summed E-state index contributed by atoms with van der Waals surface area (Å²) in [5.41, 5.74) is 5.11. The number of nitrogens with zero attached hydrogens (tertiary/aromatic N) is 2. The zero-order valence-corrected chi connectivity index (χ0v) is 15.5. The summed E-state index contributed by atoms with van der Waals surface area (Å²) in [7, 11) is 0. The first kappa shape index (κ1) is 21.9. The van der Waals surface area contributed by atoms with Gasteiger partial charge in [-0.2, -0.15) is 0 Å². The number of nitrogens with two attached hydrogens (primary N) is 1. The minimum Gasteiger partial charge on any atom is -0.504 e. The molecule has 0 amide bonds. The van der Waals surface area contributed by atoms with E-state index in [1.807, 2.05) is 0 Å². The maximum absolute atomic E-state index is 14.4. The van der Waals surface area contributed by atoms with Gasteiger partial charge in [0.2, 0.25) is 0 Å². The van der Waals surface area contributed by atoms with Gasteiger partial charge in [-0.3, -0.25) is 9.78 Å². The highest BCUT2D eigenvalue weighted by Crippen LogP contribution is 2.34. The lowest BCUT2D eigenvalue weighted by Gasteiger charge is -2.18. The Kier molecular flexibility index (Phi) is 6.04. The summed E-state index contributed by atoms with van der Waals surface area (Å²) >= 11 is 0. The van der Waals surface area contributed by atoms with Crippen molar-refractivity contribution in [2.75, 3.05) is 5.73 Å². The van der Waals surface area contributed by atoms with Gasteiger partial charge in [0.15, 0.2) is 28.9 Å². The molecule has 3 N–H and O–H groups in total. The molecular formula is C20H14F5N3O3. The fourth-order valence-electron chi connectivity index (χ4n) is 2.88. The third kappa shape index (κ3) is 5.24. The summed E-state index contributed by atoms with van der Waals surface area (Å²) in [6.07, 6.45) is -4.30. The van der Waals surface area contributed by atoms with Crippen molar-refractivity contribution in [1.29, 1.82) is 0 Å². The molecule has 0 aliphatic carbocycles. The van der Waals surface area contributed by atoms with Crippen LogP contribution in [0.5, 0.6) is 11.5 Å². The van der Waals surface area contributed by atoms with Crippen LogP contribution in [0.25, 0.3) is 0 Å². The van der Waals surface area contributed by atoms with Crippen LogP contribution >= 0.6 is 0 Å². The van der Waals surface area contributed by atoms with Crippen molar-refractivity contribution >= 4 is 11.6 Å². The highest BCUT2D eigenvalue weighted by atomic mass is 19.4. The average Bonchev–Trinajstić information content (AvgIpc) is 2.69. The van der Waals surface area contributed by atoms with Crippen molar-refractivity contribution in [3.05, 3.63) is 77.2 Å². The molecule has 2 heterocycles. The summed E-state index contributed by atoms with van der Waals surface area (Å²) in [6.45, 7) is 0. The van der Waals surface area contributed by atoms with Crippen molar-refractivity contribution < 1.29 is 36.6 Å². The van der Waals surface area contributed by atoms with E-state index in [-0.39, 0.29) is 28.5 Å². The number of nitrogen functional groups attached to an aromatic ring is 1. The number of rotatable bonds is 6. The van der Waals surface area contributed by atoms with E-state index in [1.54, 1.807) is 0 Å². The van der Waals surface area contributed by atoms with Crippen LogP contribution in [-0.2, 0) is 0 Å². The normalized spacial score (nSPS) is 12.4. The first-order valence-corrected chi connectivity index (χ1v) is 8.69. The van der Waals surface area contributed by atoms with Crippen LogP contribution in [0.1, 0.15) is 34.1 Å². The van der Waals surface area contributed by atoms with Crippen molar-refractivity contribution in [2.45, 2.75) is 18.7 Å². The maximum atomic E-state index is 14.4. The van der Waals surface area contributed by atoms with Crippen molar-refractivity contribution in [1.82, 2.24) is 9.97 Å². The first-order chi connectivity index (χ1) is 14.5. The number of aromatic hydroxyl groups is 1. The van der Waals surface area contributed by atoms with Gasteiger partial charge in [0.05, 0.1) is 5.69 Å². The Morgan fingerprint density at radius 2 is 1.87 bits per heavy atom. The second-order valence-corrected chi connectivity index (χ2v) is 6.39. The van der Waals surface area contributed by atoms with Crippen LogP contribution in [0.15, 0.2) is 48.7 Å². The zero-order chi connectivity index (χ0) is 22.8. The van der Waals surface area contributed by atoms with Gasteiger partial charge in [0, 0.05) is 18.5 Å². The van der Waals surface area contributed by atoms with Crippen molar-refractivity contribution in [3.8, 4) is 11.5 Å². The Morgan fingerprint density at radius 3 is 2.48 bits per heavy atom. The van der Waals surface area contributed by atoms with Crippen LogP contribution in [0.4, 0.5) is 27.8 Å². The van der Waals surface area contributed by atoms with Gasteiger partial charge in [-0.15, -0.1) is 13.2 Å². The van der Waals surface area contributed by atoms with Gasteiger partial charge in [-0.05, 0) is 42.0 Å². The summed E-state index contributed by atoms with van der Waals surface area (Å²) in [6, 6.07) is 7.25. The monoisotopic (exact) mass is 439 g/mol. The Labute approximate surface area is 172 Å². The third-order valence-corrected chi connectivity index (χ3v) is 4.28. The summed E-state index contributed by atoms with van der Waals surface area (Å²) < 4.78 is 69.4. The molecule has 0 aliphatic heterocycles. The average molecular weight is 439 g/mol. The molecule has 31 heavy (non-hydrogen) atoms. The van der Waals surface area contributed by atoms with Crippen LogP contribution < -0.4 is 10.5 Å². The number of anilines is 1. The van der Waals surface area contributed by atoms with E-state index < -0.39 is 41.9 Å². The molecule has 0 saturated heterocycles. The lowest BCUT2D eigenvalue weighted by Crippen LogP contribution is -2.18. The fraction of sp³-hybridized carbons (Fsp3) is 0.150. The van der Waals surface area contributed by atoms with Gasteiger partial charge in [0.25, 0.3) is 0 Å². The number of pyridine rings is 2. The maximum Gasteiger partial charge on any atom is 0.573 e. The van der Waals surface area contributed by atoms with Gasteiger partial charge < -0.3 is 15.6 Å². The molecule has 162 valence electrons. The van der Waals surface area contributed by atoms with E-state index in [1.165, 1.54) is 18.3 Å². The number of carbonyl (C=O) groups is 1. The Hall–Kier alpha value is -3.76. The molecule has 0 saturated carbocycles. The molecule has 0 fully saturated rings. The van der Waals surface area contributed by atoms with Gasteiger partial charge in [0.1, 0.15) is 11.5 Å². The van der Waals surface area contributed by atoms with E-state index in [2.05, 4.69) is 14.7 Å². The second-order valence-electron chi connectivity index (χ2n) is 6.39. The van der Waals surface area contributed by atoms with Crippen LogP contribution in [0.2, 0.25) is 0 Å². The number of benzene rings is 1. The minimum absolute atomic E-state index is 0.00951. The lowest BCUT2D eigenvalue weighted by molar-refractivity contribution is -0.275. The Morgan fingerprint density at radius 1 is 1.13 bits per heavy atom. The molecule has 3 rings (SSSR count). The molecule has 1 aromatic carbocycles. The van der Waals surface area contributed by atoms with Gasteiger partial charge in [-0.25, -0.2) is 13.8 Å². The van der Waals surface area contributed by atoms with E-state index in [9.17, 15) is 31.9 Å². The van der Waals surface area contributed by atoms with E-state index in [0.717, 1.165) is 24.3 Å². The third-order valence-electron chi connectivity index (χ3n) is 4.28. The van der Waals surface area contributed by atoms with E-state index in [4.69, 9.17) is 5.73 Å². The first-order valence-electron chi connectivity index (χ1n) is 8.69. The van der Waals surface area contributed by atoms with Crippen molar-refractivity contribution in [2.24, 2.45) is 0 Å². The predicted molar refractivity (Wildman–Crippen MR) is 98.4 cm³/mol. The van der Waals surface area contributed by atoms with Crippen molar-refractivity contribution in [3.63, 3.8) is 0 Å². The number of carbonyl (C=O) groups excluding carboxylic acids is 1. The highest BCUT2D eigenvalue weighted by Gasteiger charge is 2.33. The Balaban J connectivity index is 1.99. The Bertz CT molecular complexity index is 1120. The second kappa shape index (κ2) is 8.54. The molecule has 0 unspecified atom stereocenters. The van der Waals surface area contributed by atoms with Gasteiger partial charge in [-0.1, -0.05) is 6.07 Å².